The van der Waals surface area contributed by atoms with Crippen molar-refractivity contribution < 1.29 is 18.0 Å². The molecule has 0 aliphatic carbocycles. The van der Waals surface area contributed by atoms with E-state index in [9.17, 15) is 18.0 Å². The number of nitrogens with zero attached hydrogens (tertiary/aromatic N) is 5. The molecule has 20 heavy (non-hydrogen) atoms. The van der Waals surface area contributed by atoms with Crippen LogP contribution < -0.4 is 5.84 Å². The topological polar surface area (TPSA) is 101 Å². The van der Waals surface area contributed by atoms with Crippen molar-refractivity contribution in [2.24, 2.45) is 0 Å². The minimum Gasteiger partial charge on any atom is -0.344 e. The zero-order chi connectivity index (χ0) is 15.3. The number of thioether (sulfide) groups is 1. The fraction of sp³-hybridized carbons (Fsp3) is 0.556. The van der Waals surface area contributed by atoms with Gasteiger partial charge in [-0.15, -0.1) is 10.2 Å². The van der Waals surface area contributed by atoms with Gasteiger partial charge >= 0.3 is 6.18 Å². The fourth-order valence-corrected chi connectivity index (χ4v) is 1.94. The summed E-state index contributed by atoms with van der Waals surface area (Å²) in [6.07, 6.45) is -4.52. The van der Waals surface area contributed by atoms with E-state index in [1.54, 1.807) is 0 Å². The van der Waals surface area contributed by atoms with E-state index in [0.29, 0.717) is 4.68 Å². The van der Waals surface area contributed by atoms with Crippen LogP contribution >= 0.6 is 11.8 Å². The molecule has 110 valence electrons. The largest absolute Gasteiger partial charge is 0.453 e. The summed E-state index contributed by atoms with van der Waals surface area (Å²) in [7, 11) is 1.49. The van der Waals surface area contributed by atoms with Crippen LogP contribution in [0.1, 0.15) is 12.2 Å². The molecule has 1 heterocycles. The average Bonchev–Trinajstić information content (AvgIpc) is 2.74. The molecule has 0 saturated heterocycles. The van der Waals surface area contributed by atoms with E-state index in [2.05, 4.69) is 10.2 Å². The third-order valence-corrected chi connectivity index (χ3v) is 3.16. The summed E-state index contributed by atoms with van der Waals surface area (Å²) in [5.74, 6) is 3.40. The van der Waals surface area contributed by atoms with E-state index < -0.39 is 12.0 Å². The quantitative estimate of drug-likeness (QED) is 0.627. The molecule has 0 aliphatic heterocycles. The standard InChI is InChI=1S/C9H11F3N6OS/c1-17(4-2-3-13)6(19)5-20-8-16-15-7(18(8)14)9(10,11)12/h2,4-5,14H2,1H3. The lowest BCUT2D eigenvalue weighted by molar-refractivity contribution is -0.146. The summed E-state index contributed by atoms with van der Waals surface area (Å²) in [4.78, 5) is 12.9. The van der Waals surface area contributed by atoms with E-state index >= 15 is 0 Å². The maximum absolute atomic E-state index is 12.4. The zero-order valence-corrected chi connectivity index (χ0v) is 11.2. The predicted octanol–water partition coefficient (Wildman–Crippen LogP) is 0.475. The molecular formula is C9H11F3N6OS. The molecule has 0 spiro atoms. The SMILES string of the molecule is CN(CCC#N)C(=O)CSc1nnc(C(F)(F)F)n1N. The van der Waals surface area contributed by atoms with Gasteiger partial charge in [0, 0.05) is 13.6 Å². The second-order valence-electron chi connectivity index (χ2n) is 3.69. The molecule has 0 radical (unpaired) electrons. The Hall–Kier alpha value is -1.96. The molecule has 7 nitrogen and oxygen atoms in total. The van der Waals surface area contributed by atoms with Gasteiger partial charge in [0.1, 0.15) is 0 Å². The van der Waals surface area contributed by atoms with Crippen LogP contribution in [-0.4, -0.2) is 45.0 Å². The molecule has 0 bridgehead atoms. The molecule has 0 unspecified atom stereocenters. The molecule has 0 aromatic carbocycles. The van der Waals surface area contributed by atoms with Crippen molar-refractivity contribution in [2.75, 3.05) is 25.2 Å². The fourth-order valence-electron chi connectivity index (χ4n) is 1.15. The molecule has 1 aromatic rings. The lowest BCUT2D eigenvalue weighted by atomic mass is 10.4. The lowest BCUT2D eigenvalue weighted by Gasteiger charge is -2.14. The number of nitriles is 1. The Balaban J connectivity index is 2.61. The molecule has 1 aromatic heterocycles. The van der Waals surface area contributed by atoms with Gasteiger partial charge in [-0.25, -0.2) is 4.68 Å². The molecule has 0 atom stereocenters. The Morgan fingerprint density at radius 1 is 1.55 bits per heavy atom. The van der Waals surface area contributed by atoms with Crippen LogP contribution in [0.5, 0.6) is 0 Å². The Morgan fingerprint density at radius 3 is 2.70 bits per heavy atom. The minimum atomic E-state index is -4.70. The minimum absolute atomic E-state index is 0.144. The first kappa shape index (κ1) is 16.1. The van der Waals surface area contributed by atoms with Gasteiger partial charge in [0.15, 0.2) is 0 Å². The van der Waals surface area contributed by atoms with Crippen molar-refractivity contribution >= 4 is 17.7 Å². The van der Waals surface area contributed by atoms with Gasteiger partial charge < -0.3 is 10.7 Å². The molecule has 11 heteroatoms. The monoisotopic (exact) mass is 308 g/mol. The number of nitrogen functional groups attached to an aromatic ring is 1. The van der Waals surface area contributed by atoms with Crippen LogP contribution in [0.4, 0.5) is 13.2 Å². The average molecular weight is 308 g/mol. The van der Waals surface area contributed by atoms with Crippen molar-refractivity contribution in [1.29, 1.82) is 5.26 Å². The number of carbonyl (C=O) groups is 1. The number of rotatable bonds is 5. The van der Waals surface area contributed by atoms with Crippen LogP contribution in [0.2, 0.25) is 0 Å². The molecule has 0 saturated carbocycles. The summed E-state index contributed by atoms with van der Waals surface area (Å²) < 4.78 is 37.5. The van der Waals surface area contributed by atoms with Gasteiger partial charge in [-0.3, -0.25) is 4.79 Å². The van der Waals surface area contributed by atoms with E-state index in [0.717, 1.165) is 11.8 Å². The number of hydrogen-bond acceptors (Lipinski definition) is 6. The molecule has 1 rings (SSSR count). The Bertz CT molecular complexity index is 523. The van der Waals surface area contributed by atoms with Crippen molar-refractivity contribution in [3.05, 3.63) is 5.82 Å². The normalized spacial score (nSPS) is 11.2. The smallest absolute Gasteiger partial charge is 0.344 e. The van der Waals surface area contributed by atoms with Crippen molar-refractivity contribution in [1.82, 2.24) is 19.8 Å². The van der Waals surface area contributed by atoms with Gasteiger partial charge in [-0.2, -0.15) is 18.4 Å². The molecular weight excluding hydrogens is 297 g/mol. The Labute approximate surface area is 116 Å². The van der Waals surface area contributed by atoms with Gasteiger partial charge in [0.2, 0.25) is 11.1 Å². The number of carbonyl (C=O) groups excluding carboxylic acids is 1. The highest BCUT2D eigenvalue weighted by atomic mass is 32.2. The maximum Gasteiger partial charge on any atom is 0.453 e. The first-order chi connectivity index (χ1) is 9.27. The first-order valence-electron chi connectivity index (χ1n) is 5.28. The molecule has 0 fully saturated rings. The number of halogens is 3. The summed E-state index contributed by atoms with van der Waals surface area (Å²) in [5.41, 5.74) is 0. The first-order valence-corrected chi connectivity index (χ1v) is 6.27. The molecule has 1 amide bonds. The highest BCUT2D eigenvalue weighted by Gasteiger charge is 2.38. The number of hydrogen-bond donors (Lipinski definition) is 1. The Morgan fingerprint density at radius 2 is 2.20 bits per heavy atom. The van der Waals surface area contributed by atoms with Crippen molar-refractivity contribution in [2.45, 2.75) is 17.8 Å². The lowest BCUT2D eigenvalue weighted by Crippen LogP contribution is -2.29. The van der Waals surface area contributed by atoms with Crippen LogP contribution in [0.25, 0.3) is 0 Å². The third kappa shape index (κ3) is 4.02. The molecule has 0 aliphatic rings. The summed E-state index contributed by atoms with van der Waals surface area (Å²) >= 11 is 0.744. The van der Waals surface area contributed by atoms with E-state index in [4.69, 9.17) is 11.1 Å². The van der Waals surface area contributed by atoms with Crippen LogP contribution in [0.3, 0.4) is 0 Å². The number of aromatic nitrogens is 3. The number of amides is 1. The summed E-state index contributed by atoms with van der Waals surface area (Å²) in [6, 6.07) is 1.88. The van der Waals surface area contributed by atoms with Gasteiger partial charge in [-0.05, 0) is 0 Å². The zero-order valence-electron chi connectivity index (χ0n) is 10.4. The second-order valence-corrected chi connectivity index (χ2v) is 4.63. The van der Waals surface area contributed by atoms with Gasteiger partial charge in [-0.1, -0.05) is 11.8 Å². The van der Waals surface area contributed by atoms with Gasteiger partial charge in [0.25, 0.3) is 5.82 Å². The highest BCUT2D eigenvalue weighted by molar-refractivity contribution is 7.99. The van der Waals surface area contributed by atoms with Crippen molar-refractivity contribution in [3.8, 4) is 6.07 Å². The third-order valence-electron chi connectivity index (χ3n) is 2.23. The Kier molecular flexibility index (Phi) is 5.20. The maximum atomic E-state index is 12.4. The summed E-state index contributed by atoms with van der Waals surface area (Å²) in [5, 5.41) is 14.4. The number of alkyl halides is 3. The molecule has 2 N–H and O–H groups in total. The van der Waals surface area contributed by atoms with E-state index in [1.807, 2.05) is 6.07 Å². The van der Waals surface area contributed by atoms with E-state index in [-0.39, 0.29) is 29.8 Å². The van der Waals surface area contributed by atoms with Crippen LogP contribution in [0, 0.1) is 11.3 Å². The van der Waals surface area contributed by atoms with Crippen LogP contribution in [0.15, 0.2) is 5.16 Å². The second kappa shape index (κ2) is 6.47. The van der Waals surface area contributed by atoms with Crippen molar-refractivity contribution in [3.63, 3.8) is 0 Å². The number of nitrogens with two attached hydrogens (primary N) is 1. The van der Waals surface area contributed by atoms with Crippen LogP contribution in [-0.2, 0) is 11.0 Å². The summed E-state index contributed by atoms with van der Waals surface area (Å²) in [6.45, 7) is 0.249. The van der Waals surface area contributed by atoms with E-state index in [1.165, 1.54) is 11.9 Å². The highest BCUT2D eigenvalue weighted by Crippen LogP contribution is 2.28. The predicted molar refractivity (Wildman–Crippen MR) is 63.8 cm³/mol. The van der Waals surface area contributed by atoms with Gasteiger partial charge in [0.05, 0.1) is 18.2 Å².